The van der Waals surface area contributed by atoms with Crippen LogP contribution in [0.4, 0.5) is 5.69 Å². The Labute approximate surface area is 139 Å². The van der Waals surface area contributed by atoms with E-state index in [1.54, 1.807) is 12.1 Å². The second kappa shape index (κ2) is 6.41. The maximum Gasteiger partial charge on any atom is 0.269 e. The van der Waals surface area contributed by atoms with E-state index in [1.807, 2.05) is 6.92 Å². The van der Waals surface area contributed by atoms with Crippen LogP contribution < -0.4 is 0 Å². The molecule has 6 nitrogen and oxygen atoms in total. The number of aliphatic hydroxyl groups is 1. The van der Waals surface area contributed by atoms with E-state index in [4.69, 9.17) is 4.98 Å². The number of rotatable bonds is 5. The summed E-state index contributed by atoms with van der Waals surface area (Å²) >= 11 is 0. The normalized spacial score (nSPS) is 11.1. The smallest absolute Gasteiger partial charge is 0.269 e. The lowest BCUT2D eigenvalue weighted by Crippen LogP contribution is -2.03. The molecule has 0 aliphatic rings. The molecule has 0 saturated carbocycles. The van der Waals surface area contributed by atoms with Gasteiger partial charge in [-0.15, -0.1) is 0 Å². The molecule has 6 heteroatoms. The molecule has 24 heavy (non-hydrogen) atoms. The van der Waals surface area contributed by atoms with Crippen LogP contribution in [0.3, 0.4) is 0 Å². The number of nitrogens with zero attached hydrogens (tertiary/aromatic N) is 3. The van der Waals surface area contributed by atoms with E-state index in [-0.39, 0.29) is 12.3 Å². The predicted molar refractivity (Wildman–Crippen MR) is 93.0 cm³/mol. The van der Waals surface area contributed by atoms with Crippen molar-refractivity contribution < 1.29 is 10.0 Å². The Morgan fingerprint density at radius 2 is 1.83 bits per heavy atom. The number of fused-ring (bicyclic) bond motifs is 1. The standard InChI is InChI=1S/C18H19N3O3/c1-12-10-16-17(11-13(12)2)20(8-3-9-22)18(19-16)14-4-6-15(7-5-14)21(23)24/h4-7,10-11,22H,3,8-9H2,1-2H3. The first kappa shape index (κ1) is 16.1. The average Bonchev–Trinajstić information content (AvgIpc) is 2.91. The van der Waals surface area contributed by atoms with Crippen LogP contribution >= 0.6 is 0 Å². The molecule has 1 heterocycles. The van der Waals surface area contributed by atoms with Crippen molar-refractivity contribution in [1.82, 2.24) is 9.55 Å². The highest BCUT2D eigenvalue weighted by atomic mass is 16.6. The second-order valence-electron chi connectivity index (χ2n) is 5.89. The van der Waals surface area contributed by atoms with Gasteiger partial charge in [0.15, 0.2) is 0 Å². The number of aromatic nitrogens is 2. The number of non-ortho nitro benzene ring substituents is 1. The zero-order valence-corrected chi connectivity index (χ0v) is 13.7. The molecular weight excluding hydrogens is 306 g/mol. The predicted octanol–water partition coefficient (Wildman–Crippen LogP) is 3.61. The van der Waals surface area contributed by atoms with E-state index >= 15 is 0 Å². The summed E-state index contributed by atoms with van der Waals surface area (Å²) in [5.74, 6) is 0.762. The fourth-order valence-electron chi connectivity index (χ4n) is 2.79. The van der Waals surface area contributed by atoms with E-state index in [9.17, 15) is 15.2 Å². The molecule has 1 N–H and O–H groups in total. The molecule has 0 aliphatic carbocycles. The number of benzene rings is 2. The second-order valence-corrected chi connectivity index (χ2v) is 5.89. The van der Waals surface area contributed by atoms with Gasteiger partial charge in [-0.2, -0.15) is 0 Å². The maximum atomic E-state index is 10.8. The maximum absolute atomic E-state index is 10.8. The molecule has 3 aromatic rings. The summed E-state index contributed by atoms with van der Waals surface area (Å²) in [5.41, 5.74) is 5.14. The molecule has 124 valence electrons. The van der Waals surface area contributed by atoms with Gasteiger partial charge in [0.2, 0.25) is 0 Å². The number of imidazole rings is 1. The van der Waals surface area contributed by atoms with Crippen LogP contribution in [-0.4, -0.2) is 26.2 Å². The van der Waals surface area contributed by atoms with Crippen molar-refractivity contribution in [2.45, 2.75) is 26.8 Å². The molecule has 0 amide bonds. The molecule has 2 aromatic carbocycles. The van der Waals surface area contributed by atoms with Crippen LogP contribution in [0.5, 0.6) is 0 Å². The van der Waals surface area contributed by atoms with Gasteiger partial charge in [0.05, 0.1) is 16.0 Å². The number of hydrogen-bond donors (Lipinski definition) is 1. The van der Waals surface area contributed by atoms with Crippen LogP contribution in [0.1, 0.15) is 17.5 Å². The monoisotopic (exact) mass is 325 g/mol. The summed E-state index contributed by atoms with van der Waals surface area (Å²) in [7, 11) is 0. The van der Waals surface area contributed by atoms with Crippen molar-refractivity contribution in [3.8, 4) is 11.4 Å². The summed E-state index contributed by atoms with van der Waals surface area (Å²) in [6, 6.07) is 10.6. The molecule has 1 aromatic heterocycles. The third-order valence-corrected chi connectivity index (χ3v) is 4.24. The van der Waals surface area contributed by atoms with Crippen LogP contribution in [0.2, 0.25) is 0 Å². The van der Waals surface area contributed by atoms with Crippen LogP contribution in [-0.2, 0) is 6.54 Å². The quantitative estimate of drug-likeness (QED) is 0.574. The van der Waals surface area contributed by atoms with Gasteiger partial charge >= 0.3 is 0 Å². The van der Waals surface area contributed by atoms with E-state index in [1.165, 1.54) is 23.3 Å². The Bertz CT molecular complexity index is 898. The lowest BCUT2D eigenvalue weighted by molar-refractivity contribution is -0.384. The van der Waals surface area contributed by atoms with Crippen LogP contribution in [0.25, 0.3) is 22.4 Å². The Morgan fingerprint density at radius 3 is 2.46 bits per heavy atom. The molecule has 0 radical (unpaired) electrons. The zero-order valence-electron chi connectivity index (χ0n) is 13.7. The van der Waals surface area contributed by atoms with Gasteiger partial charge in [0.25, 0.3) is 5.69 Å². The minimum atomic E-state index is -0.411. The largest absolute Gasteiger partial charge is 0.396 e. The third-order valence-electron chi connectivity index (χ3n) is 4.24. The number of aryl methyl sites for hydroxylation is 3. The lowest BCUT2D eigenvalue weighted by Gasteiger charge is -2.09. The number of aliphatic hydroxyl groups excluding tert-OH is 1. The molecule has 0 aliphatic heterocycles. The first-order valence-corrected chi connectivity index (χ1v) is 7.84. The van der Waals surface area contributed by atoms with Gasteiger partial charge in [0, 0.05) is 30.8 Å². The molecule has 0 atom stereocenters. The highest BCUT2D eigenvalue weighted by Gasteiger charge is 2.15. The summed E-state index contributed by atoms with van der Waals surface area (Å²) in [6.07, 6.45) is 0.623. The van der Waals surface area contributed by atoms with Gasteiger partial charge in [0.1, 0.15) is 5.82 Å². The highest BCUT2D eigenvalue weighted by Crippen LogP contribution is 2.28. The average molecular weight is 325 g/mol. The molecule has 0 saturated heterocycles. The van der Waals surface area contributed by atoms with E-state index < -0.39 is 4.92 Å². The van der Waals surface area contributed by atoms with E-state index in [0.29, 0.717) is 13.0 Å². The van der Waals surface area contributed by atoms with Crippen molar-refractivity contribution in [3.05, 3.63) is 57.6 Å². The van der Waals surface area contributed by atoms with Crippen LogP contribution in [0, 0.1) is 24.0 Å². The first-order chi connectivity index (χ1) is 11.5. The summed E-state index contributed by atoms with van der Waals surface area (Å²) in [4.78, 5) is 15.1. The van der Waals surface area contributed by atoms with E-state index in [0.717, 1.165) is 22.4 Å². The molecule has 0 bridgehead atoms. The van der Waals surface area contributed by atoms with Crippen molar-refractivity contribution in [2.24, 2.45) is 0 Å². The summed E-state index contributed by atoms with van der Waals surface area (Å²) in [6.45, 7) is 4.85. The minimum Gasteiger partial charge on any atom is -0.396 e. The van der Waals surface area contributed by atoms with Crippen molar-refractivity contribution in [3.63, 3.8) is 0 Å². The van der Waals surface area contributed by atoms with Gasteiger partial charge < -0.3 is 9.67 Å². The van der Waals surface area contributed by atoms with Crippen LogP contribution in [0.15, 0.2) is 36.4 Å². The Hall–Kier alpha value is -2.73. The lowest BCUT2D eigenvalue weighted by atomic mass is 10.1. The van der Waals surface area contributed by atoms with Gasteiger partial charge in [-0.05, 0) is 55.7 Å². The number of nitro groups is 1. The van der Waals surface area contributed by atoms with Gasteiger partial charge in [-0.25, -0.2) is 4.98 Å². The fraction of sp³-hybridized carbons (Fsp3) is 0.278. The Morgan fingerprint density at radius 1 is 1.17 bits per heavy atom. The number of hydrogen-bond acceptors (Lipinski definition) is 4. The Kier molecular flexibility index (Phi) is 4.31. The molecule has 0 spiro atoms. The van der Waals surface area contributed by atoms with Crippen molar-refractivity contribution >= 4 is 16.7 Å². The summed E-state index contributed by atoms with van der Waals surface area (Å²) < 4.78 is 2.07. The summed E-state index contributed by atoms with van der Waals surface area (Å²) in [5, 5.41) is 20.0. The minimum absolute atomic E-state index is 0.0588. The van der Waals surface area contributed by atoms with Crippen molar-refractivity contribution in [2.75, 3.05) is 6.61 Å². The first-order valence-electron chi connectivity index (χ1n) is 7.84. The molecular formula is C18H19N3O3. The zero-order chi connectivity index (χ0) is 17.3. The molecule has 3 rings (SSSR count). The topological polar surface area (TPSA) is 81.2 Å². The molecule has 0 unspecified atom stereocenters. The van der Waals surface area contributed by atoms with Gasteiger partial charge in [-0.3, -0.25) is 10.1 Å². The van der Waals surface area contributed by atoms with Gasteiger partial charge in [-0.1, -0.05) is 0 Å². The Balaban J connectivity index is 2.16. The van der Waals surface area contributed by atoms with E-state index in [2.05, 4.69) is 23.6 Å². The van der Waals surface area contributed by atoms with Crippen molar-refractivity contribution in [1.29, 1.82) is 0 Å². The number of nitro benzene ring substituents is 1. The highest BCUT2D eigenvalue weighted by molar-refractivity contribution is 5.82. The molecule has 0 fully saturated rings. The third kappa shape index (κ3) is 2.88. The fourth-order valence-corrected chi connectivity index (χ4v) is 2.79. The SMILES string of the molecule is Cc1cc2nc(-c3ccc([N+](=O)[O-])cc3)n(CCCO)c2cc1C.